The maximum Gasteiger partial charge on any atom is 0.193 e. The molecule has 8 heteroatoms. The van der Waals surface area contributed by atoms with E-state index in [1.54, 1.807) is 7.11 Å². The molecule has 2 fully saturated rings. The number of aliphatic imine (C=N–C) groups is 1. The van der Waals surface area contributed by atoms with E-state index in [0.717, 1.165) is 64.1 Å². The number of halogens is 1. The van der Waals surface area contributed by atoms with Crippen molar-refractivity contribution < 1.29 is 9.47 Å². The second kappa shape index (κ2) is 10.9. The van der Waals surface area contributed by atoms with Gasteiger partial charge in [-0.3, -0.25) is 4.99 Å². The van der Waals surface area contributed by atoms with Gasteiger partial charge in [0.15, 0.2) is 5.96 Å². The standard InChI is InChI=1S/C19H31N5O2.HI/c1-20-19(21-14-18-15-22(2)12-13-26-18)24-10-8-23(9-11-24)16-4-6-17(25-3)7-5-16;/h4-7,18H,8-15H2,1-3H3,(H,20,21);1H. The Hall–Kier alpha value is -1.26. The number of anilines is 1. The average Bonchev–Trinajstić information content (AvgIpc) is 2.69. The van der Waals surface area contributed by atoms with E-state index in [1.165, 1.54) is 5.69 Å². The van der Waals surface area contributed by atoms with Gasteiger partial charge in [-0.05, 0) is 31.3 Å². The number of piperazine rings is 1. The van der Waals surface area contributed by atoms with Crippen molar-refractivity contribution in [3.8, 4) is 5.75 Å². The predicted molar refractivity (Wildman–Crippen MR) is 121 cm³/mol. The van der Waals surface area contributed by atoms with Crippen LogP contribution in [0, 0.1) is 0 Å². The van der Waals surface area contributed by atoms with Gasteiger partial charge in [-0.25, -0.2) is 0 Å². The zero-order chi connectivity index (χ0) is 18.4. The molecule has 1 atom stereocenters. The maximum absolute atomic E-state index is 5.83. The molecular formula is C19H32IN5O2. The van der Waals surface area contributed by atoms with E-state index in [4.69, 9.17) is 9.47 Å². The molecule has 1 aromatic rings. The van der Waals surface area contributed by atoms with Crippen LogP contribution in [0.3, 0.4) is 0 Å². The van der Waals surface area contributed by atoms with Crippen molar-refractivity contribution in [1.82, 2.24) is 15.1 Å². The topological polar surface area (TPSA) is 52.6 Å². The summed E-state index contributed by atoms with van der Waals surface area (Å²) >= 11 is 0. The third-order valence-corrected chi connectivity index (χ3v) is 5.06. The molecule has 0 bridgehead atoms. The van der Waals surface area contributed by atoms with Crippen LogP contribution in [-0.4, -0.2) is 95.5 Å². The molecule has 0 amide bonds. The number of hydrogen-bond acceptors (Lipinski definition) is 5. The molecule has 2 saturated heterocycles. The summed E-state index contributed by atoms with van der Waals surface area (Å²) in [7, 11) is 5.69. The molecule has 0 aliphatic carbocycles. The number of likely N-dealkylation sites (N-methyl/N-ethyl adjacent to an activating group) is 1. The van der Waals surface area contributed by atoms with E-state index >= 15 is 0 Å². The zero-order valence-corrected chi connectivity index (χ0v) is 18.9. The molecule has 0 saturated carbocycles. The number of benzene rings is 1. The molecule has 0 radical (unpaired) electrons. The van der Waals surface area contributed by atoms with Crippen LogP contribution in [-0.2, 0) is 4.74 Å². The largest absolute Gasteiger partial charge is 0.497 e. The Balaban J connectivity index is 0.00000261. The molecular weight excluding hydrogens is 457 g/mol. The quantitative estimate of drug-likeness (QED) is 0.392. The number of methoxy groups -OCH3 is 1. The van der Waals surface area contributed by atoms with Crippen LogP contribution in [0.1, 0.15) is 0 Å². The van der Waals surface area contributed by atoms with E-state index in [-0.39, 0.29) is 30.1 Å². The molecule has 2 aliphatic heterocycles. The molecule has 1 N–H and O–H groups in total. The first kappa shape index (κ1) is 22.0. The summed E-state index contributed by atoms with van der Waals surface area (Å²) in [5.41, 5.74) is 1.24. The summed E-state index contributed by atoms with van der Waals surface area (Å²) < 4.78 is 11.1. The minimum atomic E-state index is 0. The molecule has 1 unspecified atom stereocenters. The van der Waals surface area contributed by atoms with Crippen LogP contribution in [0.2, 0.25) is 0 Å². The van der Waals surface area contributed by atoms with E-state index < -0.39 is 0 Å². The van der Waals surface area contributed by atoms with Gasteiger partial charge in [0.1, 0.15) is 5.75 Å². The monoisotopic (exact) mass is 489 g/mol. The van der Waals surface area contributed by atoms with Crippen molar-refractivity contribution in [3.05, 3.63) is 24.3 Å². The average molecular weight is 489 g/mol. The van der Waals surface area contributed by atoms with Gasteiger partial charge in [0.2, 0.25) is 0 Å². The van der Waals surface area contributed by atoms with Crippen molar-refractivity contribution in [3.63, 3.8) is 0 Å². The van der Waals surface area contributed by atoms with E-state index in [2.05, 4.69) is 44.2 Å². The minimum absolute atomic E-state index is 0. The van der Waals surface area contributed by atoms with Crippen molar-refractivity contribution in [2.75, 3.05) is 78.5 Å². The Bertz CT molecular complexity index is 590. The van der Waals surface area contributed by atoms with Crippen LogP contribution in [0.25, 0.3) is 0 Å². The Labute approximate surface area is 179 Å². The van der Waals surface area contributed by atoms with E-state index in [0.29, 0.717) is 0 Å². The first-order valence-corrected chi connectivity index (χ1v) is 9.34. The SMILES string of the molecule is CN=C(NCC1CN(C)CCO1)N1CCN(c2ccc(OC)cc2)CC1.I. The fraction of sp³-hybridized carbons (Fsp3) is 0.632. The second-order valence-corrected chi connectivity index (χ2v) is 6.86. The molecule has 7 nitrogen and oxygen atoms in total. The van der Waals surface area contributed by atoms with Gasteiger partial charge in [-0.1, -0.05) is 0 Å². The number of hydrogen-bond donors (Lipinski definition) is 1. The minimum Gasteiger partial charge on any atom is -0.497 e. The number of morpholine rings is 1. The highest BCUT2D eigenvalue weighted by Crippen LogP contribution is 2.20. The molecule has 2 aliphatic rings. The number of guanidine groups is 1. The lowest BCUT2D eigenvalue weighted by Crippen LogP contribution is -2.54. The second-order valence-electron chi connectivity index (χ2n) is 6.86. The highest BCUT2D eigenvalue weighted by molar-refractivity contribution is 14.0. The lowest BCUT2D eigenvalue weighted by Gasteiger charge is -2.38. The number of ether oxygens (including phenoxy) is 2. The van der Waals surface area contributed by atoms with Crippen LogP contribution >= 0.6 is 24.0 Å². The molecule has 2 heterocycles. The third kappa shape index (κ3) is 6.11. The number of nitrogens with zero attached hydrogens (tertiary/aromatic N) is 4. The Morgan fingerprint density at radius 1 is 1.19 bits per heavy atom. The normalized spacial score (nSPS) is 21.6. The lowest BCUT2D eigenvalue weighted by molar-refractivity contribution is -0.0163. The van der Waals surface area contributed by atoms with Crippen LogP contribution < -0.4 is 15.0 Å². The fourth-order valence-corrected chi connectivity index (χ4v) is 3.50. The molecule has 0 spiro atoms. The van der Waals surface area contributed by atoms with Gasteiger partial charge < -0.3 is 29.5 Å². The summed E-state index contributed by atoms with van der Waals surface area (Å²) in [6.07, 6.45) is 0.228. The van der Waals surface area contributed by atoms with E-state index in [9.17, 15) is 0 Å². The number of rotatable bonds is 4. The predicted octanol–water partition coefficient (Wildman–Crippen LogP) is 1.34. The Morgan fingerprint density at radius 2 is 1.89 bits per heavy atom. The summed E-state index contributed by atoms with van der Waals surface area (Å²) in [6.45, 7) is 7.46. The van der Waals surface area contributed by atoms with E-state index in [1.807, 2.05) is 19.2 Å². The van der Waals surface area contributed by atoms with Crippen molar-refractivity contribution in [2.24, 2.45) is 4.99 Å². The van der Waals surface area contributed by atoms with Crippen LogP contribution in [0.5, 0.6) is 5.75 Å². The first-order chi connectivity index (χ1) is 12.7. The van der Waals surface area contributed by atoms with Gasteiger partial charge in [0.25, 0.3) is 0 Å². The van der Waals surface area contributed by atoms with Crippen molar-refractivity contribution in [1.29, 1.82) is 0 Å². The molecule has 27 heavy (non-hydrogen) atoms. The third-order valence-electron chi connectivity index (χ3n) is 5.06. The maximum atomic E-state index is 5.83. The van der Waals surface area contributed by atoms with Gasteiger partial charge in [-0.2, -0.15) is 0 Å². The van der Waals surface area contributed by atoms with Gasteiger partial charge in [0, 0.05) is 58.5 Å². The summed E-state index contributed by atoms with van der Waals surface area (Å²) in [5, 5.41) is 3.49. The highest BCUT2D eigenvalue weighted by Gasteiger charge is 2.22. The zero-order valence-electron chi connectivity index (χ0n) is 16.6. The molecule has 3 rings (SSSR count). The van der Waals surface area contributed by atoms with Gasteiger partial charge in [0.05, 0.1) is 19.8 Å². The lowest BCUT2D eigenvalue weighted by atomic mass is 10.2. The molecule has 0 aromatic heterocycles. The Kier molecular flexibility index (Phi) is 8.91. The number of nitrogens with one attached hydrogen (secondary N) is 1. The highest BCUT2D eigenvalue weighted by atomic mass is 127. The van der Waals surface area contributed by atoms with Crippen molar-refractivity contribution >= 4 is 35.6 Å². The molecule has 152 valence electrons. The summed E-state index contributed by atoms with van der Waals surface area (Å²) in [5.74, 6) is 1.86. The van der Waals surface area contributed by atoms with Crippen LogP contribution in [0.15, 0.2) is 29.3 Å². The molecule has 1 aromatic carbocycles. The van der Waals surface area contributed by atoms with Gasteiger partial charge in [-0.15, -0.1) is 24.0 Å². The summed E-state index contributed by atoms with van der Waals surface area (Å²) in [4.78, 5) is 11.5. The smallest absolute Gasteiger partial charge is 0.193 e. The van der Waals surface area contributed by atoms with Gasteiger partial charge >= 0.3 is 0 Å². The Morgan fingerprint density at radius 3 is 2.48 bits per heavy atom. The van der Waals surface area contributed by atoms with Crippen molar-refractivity contribution in [2.45, 2.75) is 6.10 Å². The first-order valence-electron chi connectivity index (χ1n) is 9.34. The summed E-state index contributed by atoms with van der Waals surface area (Å²) in [6, 6.07) is 8.28. The fourth-order valence-electron chi connectivity index (χ4n) is 3.50. The van der Waals surface area contributed by atoms with Crippen LogP contribution in [0.4, 0.5) is 5.69 Å².